The van der Waals surface area contributed by atoms with Crippen LogP contribution in [0.2, 0.25) is 0 Å². The first kappa shape index (κ1) is 14.0. The lowest BCUT2D eigenvalue weighted by Crippen LogP contribution is -2.51. The lowest BCUT2D eigenvalue weighted by atomic mass is 9.77. The van der Waals surface area contributed by atoms with Crippen molar-refractivity contribution in [3.63, 3.8) is 0 Å². The number of aliphatic hydroxyl groups is 1. The van der Waals surface area contributed by atoms with Crippen molar-refractivity contribution < 1.29 is 5.11 Å². The zero-order chi connectivity index (χ0) is 12.2. The molecule has 1 saturated carbocycles. The van der Waals surface area contributed by atoms with Gasteiger partial charge in [-0.25, -0.2) is 0 Å². The van der Waals surface area contributed by atoms with E-state index in [-0.39, 0.29) is 5.54 Å². The van der Waals surface area contributed by atoms with E-state index in [0.29, 0.717) is 12.0 Å². The average Bonchev–Trinajstić information content (AvgIpc) is 2.20. The third-order valence-electron chi connectivity index (χ3n) is 3.91. The lowest BCUT2D eigenvalue weighted by Gasteiger charge is -2.39. The topological polar surface area (TPSA) is 32.3 Å². The second-order valence-corrected chi connectivity index (χ2v) is 6.86. The molecule has 0 bridgehead atoms. The van der Waals surface area contributed by atoms with Gasteiger partial charge in [0.2, 0.25) is 0 Å². The van der Waals surface area contributed by atoms with Gasteiger partial charge < -0.3 is 10.4 Å². The summed E-state index contributed by atoms with van der Waals surface area (Å²) in [7, 11) is 0. The molecule has 0 amide bonds. The van der Waals surface area contributed by atoms with Gasteiger partial charge in [-0.05, 0) is 50.0 Å². The minimum absolute atomic E-state index is 0.0256. The molecule has 96 valence electrons. The van der Waals surface area contributed by atoms with Crippen LogP contribution in [0.1, 0.15) is 59.8 Å². The Bertz CT molecular complexity index is 199. The summed E-state index contributed by atoms with van der Waals surface area (Å²) in [6, 6.07) is 0. The van der Waals surface area contributed by atoms with Crippen LogP contribution >= 0.6 is 0 Å². The van der Waals surface area contributed by atoms with Gasteiger partial charge in [0.1, 0.15) is 0 Å². The van der Waals surface area contributed by atoms with Crippen LogP contribution in [0.25, 0.3) is 0 Å². The van der Waals surface area contributed by atoms with Crippen molar-refractivity contribution in [1.82, 2.24) is 5.32 Å². The first-order valence-electron chi connectivity index (χ1n) is 6.73. The molecule has 0 aromatic rings. The molecule has 0 aromatic heterocycles. The molecule has 1 aliphatic rings. The van der Waals surface area contributed by atoms with Crippen LogP contribution in [0, 0.1) is 11.3 Å². The summed E-state index contributed by atoms with van der Waals surface area (Å²) >= 11 is 0. The monoisotopic (exact) mass is 227 g/mol. The largest absolute Gasteiger partial charge is 0.394 e. The van der Waals surface area contributed by atoms with Crippen LogP contribution in [0.4, 0.5) is 0 Å². The first-order chi connectivity index (χ1) is 7.37. The highest BCUT2D eigenvalue weighted by Gasteiger charge is 2.33. The van der Waals surface area contributed by atoms with Gasteiger partial charge in [-0.3, -0.25) is 0 Å². The Hall–Kier alpha value is -0.0800. The number of hydrogen-bond acceptors (Lipinski definition) is 2. The summed E-state index contributed by atoms with van der Waals surface area (Å²) < 4.78 is 0. The molecule has 0 unspecified atom stereocenters. The second-order valence-electron chi connectivity index (χ2n) is 6.86. The standard InChI is InChI=1S/C14H29NO/c1-12-5-7-14(11-16,8-6-12)15-10-9-13(2,3)4/h12,15-16H,5-11H2,1-4H3. The molecule has 2 heteroatoms. The van der Waals surface area contributed by atoms with E-state index in [1.165, 1.54) is 19.3 Å². The lowest BCUT2D eigenvalue weighted by molar-refractivity contribution is 0.103. The minimum Gasteiger partial charge on any atom is -0.394 e. The van der Waals surface area contributed by atoms with E-state index in [4.69, 9.17) is 0 Å². The third-order valence-corrected chi connectivity index (χ3v) is 3.91. The van der Waals surface area contributed by atoms with E-state index >= 15 is 0 Å². The summed E-state index contributed by atoms with van der Waals surface area (Å²) in [5, 5.41) is 13.2. The Morgan fingerprint density at radius 2 is 1.81 bits per heavy atom. The van der Waals surface area contributed by atoms with Crippen LogP contribution in [0.3, 0.4) is 0 Å². The van der Waals surface area contributed by atoms with Crippen LogP contribution < -0.4 is 5.32 Å². The average molecular weight is 227 g/mol. The number of aliphatic hydroxyl groups excluding tert-OH is 1. The van der Waals surface area contributed by atoms with Crippen molar-refractivity contribution in [3.05, 3.63) is 0 Å². The number of nitrogens with one attached hydrogen (secondary N) is 1. The third kappa shape index (κ3) is 4.42. The number of hydrogen-bond donors (Lipinski definition) is 2. The van der Waals surface area contributed by atoms with Gasteiger partial charge >= 0.3 is 0 Å². The molecule has 2 N–H and O–H groups in total. The Morgan fingerprint density at radius 1 is 1.25 bits per heavy atom. The number of rotatable bonds is 4. The Balaban J connectivity index is 2.36. The van der Waals surface area contributed by atoms with Crippen LogP contribution in [-0.2, 0) is 0 Å². The highest BCUT2D eigenvalue weighted by molar-refractivity contribution is 4.91. The molecular formula is C14H29NO. The zero-order valence-electron chi connectivity index (χ0n) is 11.5. The summed E-state index contributed by atoms with van der Waals surface area (Å²) in [5.74, 6) is 0.837. The molecule has 2 nitrogen and oxygen atoms in total. The maximum atomic E-state index is 9.59. The van der Waals surface area contributed by atoms with Crippen LogP contribution in [-0.4, -0.2) is 23.8 Å². The summed E-state index contributed by atoms with van der Waals surface area (Å²) in [6.45, 7) is 10.4. The Morgan fingerprint density at radius 3 is 2.25 bits per heavy atom. The minimum atomic E-state index is 0.0256. The quantitative estimate of drug-likeness (QED) is 0.774. The summed E-state index contributed by atoms with van der Waals surface area (Å²) in [6.07, 6.45) is 5.94. The van der Waals surface area contributed by atoms with Gasteiger partial charge in [0, 0.05) is 5.54 Å². The van der Waals surface area contributed by atoms with Gasteiger partial charge in [0.15, 0.2) is 0 Å². The highest BCUT2D eigenvalue weighted by Crippen LogP contribution is 2.31. The predicted octanol–water partition coefficient (Wildman–Crippen LogP) is 2.95. The molecule has 1 aliphatic carbocycles. The van der Waals surface area contributed by atoms with Gasteiger partial charge in [-0.15, -0.1) is 0 Å². The van der Waals surface area contributed by atoms with Crippen molar-refractivity contribution in [1.29, 1.82) is 0 Å². The molecular weight excluding hydrogens is 198 g/mol. The van der Waals surface area contributed by atoms with Crippen molar-refractivity contribution in [2.75, 3.05) is 13.2 Å². The maximum Gasteiger partial charge on any atom is 0.0613 e. The molecule has 16 heavy (non-hydrogen) atoms. The van der Waals surface area contributed by atoms with Gasteiger partial charge in [-0.2, -0.15) is 0 Å². The second kappa shape index (κ2) is 5.50. The molecule has 0 aromatic carbocycles. The molecule has 0 heterocycles. The van der Waals surface area contributed by atoms with Crippen molar-refractivity contribution in [2.24, 2.45) is 11.3 Å². The molecule has 1 fully saturated rings. The van der Waals surface area contributed by atoms with E-state index < -0.39 is 0 Å². The van der Waals surface area contributed by atoms with Crippen molar-refractivity contribution in [2.45, 2.75) is 65.3 Å². The summed E-state index contributed by atoms with van der Waals surface area (Å²) in [4.78, 5) is 0. The van der Waals surface area contributed by atoms with Crippen molar-refractivity contribution in [3.8, 4) is 0 Å². The van der Waals surface area contributed by atoms with E-state index in [2.05, 4.69) is 33.0 Å². The van der Waals surface area contributed by atoms with Gasteiger partial charge in [0.05, 0.1) is 6.61 Å². The van der Waals surface area contributed by atoms with Gasteiger partial charge in [-0.1, -0.05) is 27.7 Å². The molecule has 0 atom stereocenters. The SMILES string of the molecule is CC1CCC(CO)(NCCC(C)(C)C)CC1. The molecule has 1 rings (SSSR count). The fraction of sp³-hybridized carbons (Fsp3) is 1.00. The molecule has 0 aliphatic heterocycles. The van der Waals surface area contributed by atoms with Crippen LogP contribution in [0.15, 0.2) is 0 Å². The van der Waals surface area contributed by atoms with E-state index in [0.717, 1.165) is 25.3 Å². The normalized spacial score (nSPS) is 31.7. The smallest absolute Gasteiger partial charge is 0.0613 e. The fourth-order valence-electron chi connectivity index (χ4n) is 2.41. The fourth-order valence-corrected chi connectivity index (χ4v) is 2.41. The van der Waals surface area contributed by atoms with E-state index in [1.54, 1.807) is 0 Å². The Labute approximate surface area is 101 Å². The molecule has 0 spiro atoms. The summed E-state index contributed by atoms with van der Waals surface area (Å²) in [5.41, 5.74) is 0.406. The first-order valence-corrected chi connectivity index (χ1v) is 6.73. The molecule has 0 saturated heterocycles. The van der Waals surface area contributed by atoms with Crippen molar-refractivity contribution >= 4 is 0 Å². The molecule has 0 radical (unpaired) electrons. The van der Waals surface area contributed by atoms with Gasteiger partial charge in [0.25, 0.3) is 0 Å². The maximum absolute atomic E-state index is 9.59. The highest BCUT2D eigenvalue weighted by atomic mass is 16.3. The Kier molecular flexibility index (Phi) is 4.81. The van der Waals surface area contributed by atoms with Crippen LogP contribution in [0.5, 0.6) is 0 Å². The van der Waals surface area contributed by atoms with E-state index in [9.17, 15) is 5.11 Å². The van der Waals surface area contributed by atoms with E-state index in [1.807, 2.05) is 0 Å². The predicted molar refractivity (Wildman–Crippen MR) is 69.5 cm³/mol. The zero-order valence-corrected chi connectivity index (χ0v) is 11.5.